The molecule has 0 aromatic carbocycles. The van der Waals surface area contributed by atoms with E-state index in [1.807, 2.05) is 20.8 Å². The van der Waals surface area contributed by atoms with Gasteiger partial charge in [0.15, 0.2) is 0 Å². The van der Waals surface area contributed by atoms with Crippen LogP contribution in [0.15, 0.2) is 0 Å². The van der Waals surface area contributed by atoms with Crippen molar-refractivity contribution in [3.05, 3.63) is 0 Å². The average molecular weight is 242 g/mol. The highest BCUT2D eigenvalue weighted by atomic mass is 16.5. The maximum Gasteiger partial charge on any atom is 0.243 e. The van der Waals surface area contributed by atoms with Gasteiger partial charge in [0.2, 0.25) is 11.8 Å². The van der Waals surface area contributed by atoms with Gasteiger partial charge in [0, 0.05) is 13.2 Å². The second-order valence-corrected chi connectivity index (χ2v) is 4.33. The molecule has 5 heteroatoms. The minimum absolute atomic E-state index is 0.0189. The van der Waals surface area contributed by atoms with E-state index in [0.717, 1.165) is 6.42 Å². The Balaban J connectivity index is 2.69. The molecule has 98 valence electrons. The summed E-state index contributed by atoms with van der Waals surface area (Å²) in [5, 5.41) is 2.65. The third kappa shape index (κ3) is 3.43. The number of ether oxygens (including phenoxy) is 1. The van der Waals surface area contributed by atoms with Gasteiger partial charge in [-0.1, -0.05) is 20.3 Å². The first-order valence-corrected chi connectivity index (χ1v) is 6.26. The lowest BCUT2D eigenvalue weighted by atomic mass is 9.95. The second-order valence-electron chi connectivity index (χ2n) is 4.33. The van der Waals surface area contributed by atoms with E-state index in [0.29, 0.717) is 19.8 Å². The molecule has 1 saturated heterocycles. The molecule has 0 radical (unpaired) electrons. The first kappa shape index (κ1) is 14.0. The predicted octanol–water partition coefficient (Wildman–Crippen LogP) is 0.396. The summed E-state index contributed by atoms with van der Waals surface area (Å²) < 4.78 is 5.26. The Morgan fingerprint density at radius 2 is 2.18 bits per heavy atom. The number of carbonyl (C=O) groups is 2. The second kappa shape index (κ2) is 6.59. The van der Waals surface area contributed by atoms with Gasteiger partial charge in [-0.2, -0.15) is 0 Å². The lowest BCUT2D eigenvalue weighted by Crippen LogP contribution is -2.61. The van der Waals surface area contributed by atoms with Crippen LogP contribution in [0, 0.1) is 5.92 Å². The summed E-state index contributed by atoms with van der Waals surface area (Å²) in [6, 6.07) is -0.346. The van der Waals surface area contributed by atoms with Crippen molar-refractivity contribution >= 4 is 11.8 Å². The van der Waals surface area contributed by atoms with Gasteiger partial charge in [-0.05, 0) is 12.8 Å². The smallest absolute Gasteiger partial charge is 0.243 e. The summed E-state index contributed by atoms with van der Waals surface area (Å²) in [6.07, 6.45) is 0.872. The van der Waals surface area contributed by atoms with Gasteiger partial charge in [0.05, 0.1) is 13.2 Å². The Morgan fingerprint density at radius 3 is 2.76 bits per heavy atom. The van der Waals surface area contributed by atoms with Crippen molar-refractivity contribution in [2.75, 3.05) is 26.3 Å². The normalized spacial score (nSPS) is 22.5. The topological polar surface area (TPSA) is 58.6 Å². The molecule has 1 rings (SSSR count). The lowest BCUT2D eigenvalue weighted by Gasteiger charge is -2.37. The highest BCUT2D eigenvalue weighted by molar-refractivity contribution is 5.95. The maximum atomic E-state index is 11.8. The number of carbonyl (C=O) groups excluding carboxylic acids is 2. The zero-order valence-corrected chi connectivity index (χ0v) is 10.9. The fraction of sp³-hybridized carbons (Fsp3) is 0.833. The van der Waals surface area contributed by atoms with Crippen LogP contribution in [0.1, 0.15) is 27.2 Å². The van der Waals surface area contributed by atoms with Gasteiger partial charge in [-0.3, -0.25) is 9.59 Å². The largest absolute Gasteiger partial charge is 0.380 e. The Labute approximate surface area is 102 Å². The van der Waals surface area contributed by atoms with E-state index in [2.05, 4.69) is 5.32 Å². The minimum atomic E-state index is -0.346. The average Bonchev–Trinajstić information content (AvgIpc) is 2.33. The Kier molecular flexibility index (Phi) is 5.41. The van der Waals surface area contributed by atoms with E-state index in [1.165, 1.54) is 0 Å². The molecule has 1 fully saturated rings. The van der Waals surface area contributed by atoms with E-state index in [1.54, 1.807) is 4.90 Å². The molecule has 5 nitrogen and oxygen atoms in total. The number of hydrogen-bond donors (Lipinski definition) is 1. The molecule has 0 aromatic heterocycles. The standard InChI is InChI=1S/C12H22N2O3/c1-4-9(3)11-12(16)13-8-10(15)14(11)6-7-17-5-2/h9,11H,4-8H2,1-3H3,(H,13,16). The fourth-order valence-corrected chi connectivity index (χ4v) is 2.03. The maximum absolute atomic E-state index is 11.8. The Morgan fingerprint density at radius 1 is 1.47 bits per heavy atom. The van der Waals surface area contributed by atoms with E-state index in [-0.39, 0.29) is 30.3 Å². The minimum Gasteiger partial charge on any atom is -0.380 e. The van der Waals surface area contributed by atoms with Crippen molar-refractivity contribution in [3.63, 3.8) is 0 Å². The number of nitrogens with zero attached hydrogens (tertiary/aromatic N) is 1. The van der Waals surface area contributed by atoms with E-state index >= 15 is 0 Å². The summed E-state index contributed by atoms with van der Waals surface area (Å²) in [5.74, 6) is 0.103. The summed E-state index contributed by atoms with van der Waals surface area (Å²) in [4.78, 5) is 25.3. The van der Waals surface area contributed by atoms with Gasteiger partial charge < -0.3 is 15.0 Å². The van der Waals surface area contributed by atoms with Gasteiger partial charge in [0.1, 0.15) is 6.04 Å². The van der Waals surface area contributed by atoms with Crippen LogP contribution in [0.3, 0.4) is 0 Å². The monoisotopic (exact) mass is 242 g/mol. The van der Waals surface area contributed by atoms with Crippen LogP contribution in [-0.2, 0) is 14.3 Å². The molecule has 0 aliphatic carbocycles. The molecule has 0 bridgehead atoms. The molecular weight excluding hydrogens is 220 g/mol. The third-order valence-electron chi connectivity index (χ3n) is 3.20. The molecule has 1 aliphatic heterocycles. The predicted molar refractivity (Wildman–Crippen MR) is 64.5 cm³/mol. The third-order valence-corrected chi connectivity index (χ3v) is 3.20. The van der Waals surface area contributed by atoms with Crippen LogP contribution in [-0.4, -0.2) is 49.1 Å². The number of hydrogen-bond acceptors (Lipinski definition) is 3. The van der Waals surface area contributed by atoms with Crippen molar-refractivity contribution in [2.24, 2.45) is 5.92 Å². The van der Waals surface area contributed by atoms with Crippen molar-refractivity contribution < 1.29 is 14.3 Å². The number of piperazine rings is 1. The summed E-state index contributed by atoms with van der Waals surface area (Å²) in [6.45, 7) is 7.66. The molecule has 17 heavy (non-hydrogen) atoms. The van der Waals surface area contributed by atoms with Crippen molar-refractivity contribution in [3.8, 4) is 0 Å². The Hall–Kier alpha value is -1.10. The van der Waals surface area contributed by atoms with Crippen LogP contribution in [0.25, 0.3) is 0 Å². The van der Waals surface area contributed by atoms with Crippen molar-refractivity contribution in [2.45, 2.75) is 33.2 Å². The van der Waals surface area contributed by atoms with Crippen molar-refractivity contribution in [1.82, 2.24) is 10.2 Å². The van der Waals surface area contributed by atoms with Crippen molar-refractivity contribution in [1.29, 1.82) is 0 Å². The SMILES string of the molecule is CCOCCN1C(=O)CNC(=O)C1C(C)CC. The number of rotatable bonds is 6. The number of nitrogens with one attached hydrogen (secondary N) is 1. The molecule has 2 atom stereocenters. The lowest BCUT2D eigenvalue weighted by molar-refractivity contribution is -0.148. The molecule has 1 heterocycles. The summed E-state index contributed by atoms with van der Waals surface area (Å²) in [7, 11) is 0. The molecule has 0 spiro atoms. The highest BCUT2D eigenvalue weighted by Crippen LogP contribution is 2.17. The molecule has 0 saturated carbocycles. The zero-order chi connectivity index (χ0) is 12.8. The van der Waals surface area contributed by atoms with Gasteiger partial charge >= 0.3 is 0 Å². The molecule has 1 N–H and O–H groups in total. The fourth-order valence-electron chi connectivity index (χ4n) is 2.03. The highest BCUT2D eigenvalue weighted by Gasteiger charge is 2.36. The molecule has 2 unspecified atom stereocenters. The van der Waals surface area contributed by atoms with Crippen LogP contribution >= 0.6 is 0 Å². The molecule has 0 aromatic rings. The van der Waals surface area contributed by atoms with Gasteiger partial charge in [-0.15, -0.1) is 0 Å². The molecule has 2 amide bonds. The van der Waals surface area contributed by atoms with Gasteiger partial charge in [0.25, 0.3) is 0 Å². The summed E-state index contributed by atoms with van der Waals surface area (Å²) >= 11 is 0. The zero-order valence-electron chi connectivity index (χ0n) is 10.9. The van der Waals surface area contributed by atoms with Crippen LogP contribution in [0.5, 0.6) is 0 Å². The molecular formula is C12H22N2O3. The first-order valence-electron chi connectivity index (χ1n) is 6.26. The van der Waals surface area contributed by atoms with Crippen LogP contribution in [0.4, 0.5) is 0 Å². The van der Waals surface area contributed by atoms with Crippen LogP contribution in [0.2, 0.25) is 0 Å². The van der Waals surface area contributed by atoms with Gasteiger partial charge in [-0.25, -0.2) is 0 Å². The van der Waals surface area contributed by atoms with Crippen LogP contribution < -0.4 is 5.32 Å². The first-order chi connectivity index (χ1) is 8.11. The van der Waals surface area contributed by atoms with E-state index in [4.69, 9.17) is 4.74 Å². The van der Waals surface area contributed by atoms with E-state index in [9.17, 15) is 9.59 Å². The number of amides is 2. The Bertz CT molecular complexity index is 281. The summed E-state index contributed by atoms with van der Waals surface area (Å²) in [5.41, 5.74) is 0. The quantitative estimate of drug-likeness (QED) is 0.686. The van der Waals surface area contributed by atoms with E-state index < -0.39 is 0 Å². The molecule has 1 aliphatic rings.